The van der Waals surface area contributed by atoms with E-state index in [2.05, 4.69) is 20.0 Å². The number of anilines is 3. The fourth-order valence-electron chi connectivity index (χ4n) is 5.14. The summed E-state index contributed by atoms with van der Waals surface area (Å²) in [7, 11) is 0.731. The quantitative estimate of drug-likeness (QED) is 0.281. The van der Waals surface area contributed by atoms with Gasteiger partial charge < -0.3 is 25.0 Å². The number of ether oxygens (including phenoxy) is 1. The molecular formula is C28H36N6O5S2. The molecule has 1 aliphatic heterocycles. The number of carbonyl (C=O) groups excluding carboxylic acids is 1. The molecule has 0 spiro atoms. The molecule has 2 aromatic heterocycles. The number of aromatic nitrogens is 2. The summed E-state index contributed by atoms with van der Waals surface area (Å²) in [4.78, 5) is 26.9. The topological polar surface area (TPSA) is 137 Å². The molecule has 11 nitrogen and oxygen atoms in total. The Morgan fingerprint density at radius 3 is 2.61 bits per heavy atom. The monoisotopic (exact) mass is 600 g/mol. The third kappa shape index (κ3) is 5.69. The molecule has 1 aliphatic carbocycles. The van der Waals surface area contributed by atoms with E-state index in [1.807, 2.05) is 26.0 Å². The maximum absolute atomic E-state index is 13.4. The van der Waals surface area contributed by atoms with Gasteiger partial charge in [-0.25, -0.2) is 23.1 Å². The third-order valence-corrected chi connectivity index (χ3v) is 10.5. The number of benzene rings is 1. The molecule has 5 rings (SSSR count). The predicted octanol–water partition coefficient (Wildman–Crippen LogP) is 3.71. The van der Waals surface area contributed by atoms with E-state index in [4.69, 9.17) is 4.74 Å². The molecule has 220 valence electrons. The molecule has 3 heterocycles. The van der Waals surface area contributed by atoms with Crippen LogP contribution in [0.1, 0.15) is 48.3 Å². The van der Waals surface area contributed by atoms with E-state index in [1.165, 1.54) is 25.5 Å². The van der Waals surface area contributed by atoms with Crippen LogP contribution in [0.5, 0.6) is 0 Å². The van der Waals surface area contributed by atoms with E-state index in [0.29, 0.717) is 40.4 Å². The largest absolute Gasteiger partial charge is 0.377 e. The highest BCUT2D eigenvalue weighted by atomic mass is 32.2. The highest BCUT2D eigenvalue weighted by molar-refractivity contribution is 7.89. The molecular weight excluding hydrogens is 564 g/mol. The minimum absolute atomic E-state index is 0.00782. The molecule has 1 unspecified atom stereocenters. The molecule has 0 radical (unpaired) electrons. The number of hydrogen-bond acceptors (Lipinski definition) is 10. The van der Waals surface area contributed by atoms with Gasteiger partial charge in [0.1, 0.15) is 11.6 Å². The van der Waals surface area contributed by atoms with Crippen molar-refractivity contribution in [2.45, 2.75) is 63.4 Å². The second-order valence-electron chi connectivity index (χ2n) is 10.6. The summed E-state index contributed by atoms with van der Waals surface area (Å²) in [6.07, 6.45) is 0.885. The molecule has 3 atom stereocenters. The first-order valence-electron chi connectivity index (χ1n) is 13.5. The van der Waals surface area contributed by atoms with E-state index >= 15 is 0 Å². The van der Waals surface area contributed by atoms with Gasteiger partial charge >= 0.3 is 0 Å². The van der Waals surface area contributed by atoms with Crippen molar-refractivity contribution < 1.29 is 23.1 Å². The minimum atomic E-state index is -3.90. The van der Waals surface area contributed by atoms with Gasteiger partial charge in [0.05, 0.1) is 27.1 Å². The number of likely N-dealkylation sites (N-methyl/N-ethyl adjacent to an activating group) is 1. The van der Waals surface area contributed by atoms with E-state index in [9.17, 15) is 18.3 Å². The summed E-state index contributed by atoms with van der Waals surface area (Å²) in [6, 6.07) is 8.97. The smallest absolute Gasteiger partial charge is 0.256 e. The standard InChI is InChI=1S/C28H36N6O5S2/c1-15-25(40-28(30-15)32-22-8-7-9-23(31-22)33(5)26(35)17(3)39-6)19-12-20-14-34(16(2)18-10-11-18)27(36)24(20)21(13-19)41(37,38)29-4/h7-9,12-13,16-18,26,29,35H,10-11,14H2,1-6H3,(H,30,31,32)/t16-,17+,26?/m0/s1. The lowest BCUT2D eigenvalue weighted by atomic mass is 10.0. The number of hydrogen-bond donors (Lipinski definition) is 3. The summed E-state index contributed by atoms with van der Waals surface area (Å²) in [6.45, 7) is 6.06. The van der Waals surface area contributed by atoms with Crippen molar-refractivity contribution in [3.63, 3.8) is 0 Å². The van der Waals surface area contributed by atoms with Gasteiger partial charge in [0.25, 0.3) is 5.91 Å². The highest BCUT2D eigenvalue weighted by Crippen LogP contribution is 2.42. The van der Waals surface area contributed by atoms with Crippen molar-refractivity contribution in [1.82, 2.24) is 19.6 Å². The number of rotatable bonds is 11. The van der Waals surface area contributed by atoms with Crippen LogP contribution in [0.25, 0.3) is 10.4 Å². The molecule has 3 N–H and O–H groups in total. The van der Waals surface area contributed by atoms with Crippen LogP contribution in [0.4, 0.5) is 16.8 Å². The summed E-state index contributed by atoms with van der Waals surface area (Å²) in [5, 5.41) is 14.3. The Kier molecular flexibility index (Phi) is 8.09. The first-order valence-corrected chi connectivity index (χ1v) is 15.8. The van der Waals surface area contributed by atoms with E-state index in [-0.39, 0.29) is 22.4 Å². The zero-order chi connectivity index (χ0) is 29.6. The Balaban J connectivity index is 1.46. The van der Waals surface area contributed by atoms with Crippen molar-refractivity contribution in [2.75, 3.05) is 31.4 Å². The fourth-order valence-corrected chi connectivity index (χ4v) is 7.09. The number of aliphatic hydroxyl groups excluding tert-OH is 1. The maximum atomic E-state index is 13.4. The van der Waals surface area contributed by atoms with E-state index in [0.717, 1.165) is 23.4 Å². The molecule has 13 heteroatoms. The lowest BCUT2D eigenvalue weighted by molar-refractivity contribution is 0.000683. The molecule has 3 aromatic rings. The van der Waals surface area contributed by atoms with Crippen LogP contribution in [0, 0.1) is 12.8 Å². The zero-order valence-corrected chi connectivity index (χ0v) is 25.6. The summed E-state index contributed by atoms with van der Waals surface area (Å²) in [5.41, 5.74) is 2.37. The van der Waals surface area contributed by atoms with Crippen molar-refractivity contribution >= 4 is 44.0 Å². The lowest BCUT2D eigenvalue weighted by Crippen LogP contribution is -2.41. The molecule has 1 saturated carbocycles. The molecule has 41 heavy (non-hydrogen) atoms. The summed E-state index contributed by atoms with van der Waals surface area (Å²) >= 11 is 1.37. The maximum Gasteiger partial charge on any atom is 0.256 e. The van der Waals surface area contributed by atoms with Crippen molar-refractivity contribution in [1.29, 1.82) is 0 Å². The third-order valence-electron chi connectivity index (χ3n) is 7.93. The van der Waals surface area contributed by atoms with Crippen LogP contribution in [0.3, 0.4) is 0 Å². The number of amides is 1. The average molecular weight is 601 g/mol. The molecule has 1 aromatic carbocycles. The number of carbonyl (C=O) groups is 1. The Hall–Kier alpha value is -3.10. The van der Waals surface area contributed by atoms with Crippen LogP contribution in [0.15, 0.2) is 35.2 Å². The number of aliphatic hydroxyl groups is 1. The zero-order valence-electron chi connectivity index (χ0n) is 24.0. The number of nitrogens with one attached hydrogen (secondary N) is 2. The van der Waals surface area contributed by atoms with E-state index < -0.39 is 22.4 Å². The molecule has 2 aliphatic rings. The van der Waals surface area contributed by atoms with Crippen LogP contribution >= 0.6 is 11.3 Å². The summed E-state index contributed by atoms with van der Waals surface area (Å²) < 4.78 is 33.8. The van der Waals surface area contributed by atoms with E-state index in [1.54, 1.807) is 42.0 Å². The van der Waals surface area contributed by atoms with Gasteiger partial charge in [0, 0.05) is 26.7 Å². The number of sulfonamides is 1. The van der Waals surface area contributed by atoms with Crippen LogP contribution in [-0.4, -0.2) is 73.9 Å². The van der Waals surface area contributed by atoms with Crippen LogP contribution in [-0.2, 0) is 21.3 Å². The molecule has 1 amide bonds. The normalized spacial score (nSPS) is 17.3. The van der Waals surface area contributed by atoms with Gasteiger partial charge in [-0.3, -0.25) is 4.79 Å². The number of methoxy groups -OCH3 is 1. The van der Waals surface area contributed by atoms with Gasteiger partial charge in [-0.15, -0.1) is 0 Å². The Labute approximate surface area is 244 Å². The van der Waals surface area contributed by atoms with Gasteiger partial charge in [0.2, 0.25) is 10.0 Å². The Morgan fingerprint density at radius 2 is 1.95 bits per heavy atom. The second kappa shape index (κ2) is 11.3. The van der Waals surface area contributed by atoms with Crippen LogP contribution in [0.2, 0.25) is 0 Å². The average Bonchev–Trinajstić information content (AvgIpc) is 3.68. The first kappa shape index (κ1) is 29.4. The number of pyridine rings is 1. The molecule has 0 saturated heterocycles. The van der Waals surface area contributed by atoms with Crippen LogP contribution < -0.4 is 14.9 Å². The Bertz CT molecular complexity index is 1570. The predicted molar refractivity (Wildman–Crippen MR) is 159 cm³/mol. The van der Waals surface area contributed by atoms with Gasteiger partial charge in [0.15, 0.2) is 11.4 Å². The number of aryl methyl sites for hydroxylation is 1. The number of fused-ring (bicyclic) bond motifs is 1. The molecule has 0 bridgehead atoms. The first-order chi connectivity index (χ1) is 19.4. The summed E-state index contributed by atoms with van der Waals surface area (Å²) in [5.74, 6) is 1.32. The fraction of sp³-hybridized carbons (Fsp3) is 0.464. The second-order valence-corrected chi connectivity index (χ2v) is 13.5. The number of nitrogens with zero attached hydrogens (tertiary/aromatic N) is 4. The van der Waals surface area contributed by atoms with Gasteiger partial charge in [-0.1, -0.05) is 17.4 Å². The lowest BCUT2D eigenvalue weighted by Gasteiger charge is -2.28. The SMILES string of the molecule is CNS(=O)(=O)c1cc(-c2sc(Nc3cccc(N(C)C(O)[C@@H](C)OC)n3)nc2C)cc2c1C(=O)N([C@@H](C)C1CC1)C2. The highest BCUT2D eigenvalue weighted by Gasteiger charge is 2.41. The van der Waals surface area contributed by atoms with Crippen molar-refractivity contribution in [3.05, 3.63) is 47.2 Å². The minimum Gasteiger partial charge on any atom is -0.377 e. The van der Waals surface area contributed by atoms with Crippen molar-refractivity contribution in [3.8, 4) is 10.4 Å². The van der Waals surface area contributed by atoms with Gasteiger partial charge in [-0.2, -0.15) is 0 Å². The number of thiazole rings is 1. The molecule has 1 fully saturated rings. The Morgan fingerprint density at radius 1 is 1.22 bits per heavy atom. The van der Waals surface area contributed by atoms with Crippen molar-refractivity contribution in [2.24, 2.45) is 5.92 Å². The van der Waals surface area contributed by atoms with Gasteiger partial charge in [-0.05, 0) is 82.0 Å².